The lowest BCUT2D eigenvalue weighted by Crippen LogP contribution is -2.35. The van der Waals surface area contributed by atoms with Crippen LogP contribution in [0.1, 0.15) is 0 Å². The molecule has 1 aliphatic heterocycles. The highest BCUT2D eigenvalue weighted by atomic mass is 79.9. The molecule has 1 aromatic carbocycles. The summed E-state index contributed by atoms with van der Waals surface area (Å²) in [7, 11) is 0. The van der Waals surface area contributed by atoms with E-state index in [9.17, 15) is 9.59 Å². The van der Waals surface area contributed by atoms with Gasteiger partial charge < -0.3 is 0 Å². The lowest BCUT2D eigenvalue weighted by molar-refractivity contribution is -0.135. The molecule has 0 atom stereocenters. The van der Waals surface area contributed by atoms with Gasteiger partial charge in [0.25, 0.3) is 0 Å². The van der Waals surface area contributed by atoms with Gasteiger partial charge in [0.1, 0.15) is 5.36 Å². The van der Waals surface area contributed by atoms with E-state index in [1.54, 1.807) is 6.07 Å². The first-order chi connectivity index (χ1) is 6.58. The zero-order valence-electron chi connectivity index (χ0n) is 6.62. The van der Waals surface area contributed by atoms with Crippen molar-refractivity contribution in [1.29, 1.82) is 0 Å². The van der Waals surface area contributed by atoms with E-state index in [2.05, 4.69) is 25.9 Å². The molecule has 0 radical (unpaired) electrons. The van der Waals surface area contributed by atoms with Crippen molar-refractivity contribution >= 4 is 39.3 Å². The quantitative estimate of drug-likeness (QED) is 0.643. The van der Waals surface area contributed by atoms with Crippen LogP contribution in [0, 0.1) is 0 Å². The van der Waals surface area contributed by atoms with E-state index in [-0.39, 0.29) is 0 Å². The maximum atomic E-state index is 10.9. The maximum absolute atomic E-state index is 10.9. The number of rotatable bonds is 0. The van der Waals surface area contributed by atoms with E-state index in [1.807, 2.05) is 0 Å². The van der Waals surface area contributed by atoms with Gasteiger partial charge in [-0.2, -0.15) is 0 Å². The van der Waals surface area contributed by atoms with Crippen LogP contribution in [0.4, 0.5) is 0 Å². The molecular weight excluding hydrogens is 271 g/mol. The summed E-state index contributed by atoms with van der Waals surface area (Å²) in [6.45, 7) is 0. The molecular formula is C8H2BrClN2O2. The molecule has 2 amide bonds. The highest BCUT2D eigenvalue weighted by molar-refractivity contribution is 9.10. The van der Waals surface area contributed by atoms with Crippen LogP contribution in [0.3, 0.4) is 0 Å². The fourth-order valence-corrected chi connectivity index (χ4v) is 1.94. The van der Waals surface area contributed by atoms with Gasteiger partial charge in [0.05, 0.1) is 5.36 Å². The van der Waals surface area contributed by atoms with Crippen LogP contribution < -0.4 is 10.7 Å². The van der Waals surface area contributed by atoms with Crippen molar-refractivity contribution in [3.05, 3.63) is 32.3 Å². The van der Waals surface area contributed by atoms with Crippen molar-refractivity contribution in [1.82, 2.24) is 0 Å². The molecule has 0 saturated heterocycles. The summed E-state index contributed by atoms with van der Waals surface area (Å²) in [4.78, 5) is 29.0. The third-order valence-electron chi connectivity index (χ3n) is 1.63. The normalized spacial score (nSPS) is 14.4. The van der Waals surface area contributed by atoms with Crippen molar-refractivity contribution in [2.45, 2.75) is 0 Å². The minimum Gasteiger partial charge on any atom is -0.261 e. The van der Waals surface area contributed by atoms with Gasteiger partial charge in [-0.05, 0) is 28.1 Å². The smallest absolute Gasteiger partial charge is 0.261 e. The number of hydrogen-bond acceptors (Lipinski definition) is 2. The number of hydrogen-bond donors (Lipinski definition) is 0. The Hall–Kier alpha value is -1.07. The average Bonchev–Trinajstić information content (AvgIpc) is 2.08. The molecule has 0 aromatic heterocycles. The number of amides is 2. The van der Waals surface area contributed by atoms with E-state index in [0.717, 1.165) is 0 Å². The molecule has 70 valence electrons. The summed E-state index contributed by atoms with van der Waals surface area (Å²) >= 11 is 8.92. The summed E-state index contributed by atoms with van der Waals surface area (Å²) in [5.41, 5.74) is 0. The molecule has 0 unspecified atom stereocenters. The molecule has 1 aromatic rings. The Morgan fingerprint density at radius 2 is 1.79 bits per heavy atom. The van der Waals surface area contributed by atoms with Crippen molar-refractivity contribution < 1.29 is 9.59 Å². The second kappa shape index (κ2) is 3.25. The maximum Gasteiger partial charge on any atom is 0.338 e. The Balaban J connectivity index is 2.92. The Labute approximate surface area is 91.4 Å². The Morgan fingerprint density at radius 3 is 2.50 bits per heavy atom. The summed E-state index contributed by atoms with van der Waals surface area (Å²) < 4.78 is 0.546. The Bertz CT molecular complexity index is 567. The second-order valence-electron chi connectivity index (χ2n) is 2.59. The van der Waals surface area contributed by atoms with Crippen LogP contribution in [0.5, 0.6) is 0 Å². The Morgan fingerprint density at radius 1 is 1.14 bits per heavy atom. The minimum atomic E-state index is -0.869. The van der Waals surface area contributed by atoms with Gasteiger partial charge in [-0.25, -0.2) is 9.98 Å². The van der Waals surface area contributed by atoms with Crippen molar-refractivity contribution in [3.63, 3.8) is 0 Å². The van der Waals surface area contributed by atoms with Gasteiger partial charge >= 0.3 is 11.8 Å². The van der Waals surface area contributed by atoms with Gasteiger partial charge in [0, 0.05) is 9.50 Å². The highest BCUT2D eigenvalue weighted by Gasteiger charge is 2.16. The second-order valence-corrected chi connectivity index (χ2v) is 3.88. The summed E-state index contributed by atoms with van der Waals surface area (Å²) in [6, 6.07) is 3.07. The average molecular weight is 273 g/mol. The van der Waals surface area contributed by atoms with Gasteiger partial charge in [0.2, 0.25) is 0 Å². The predicted molar refractivity (Wildman–Crippen MR) is 51.5 cm³/mol. The largest absolute Gasteiger partial charge is 0.338 e. The van der Waals surface area contributed by atoms with Gasteiger partial charge in [-0.3, -0.25) is 9.59 Å². The lowest BCUT2D eigenvalue weighted by atomic mass is 10.3. The van der Waals surface area contributed by atoms with Gasteiger partial charge in [0.15, 0.2) is 0 Å². The van der Waals surface area contributed by atoms with Crippen molar-refractivity contribution in [3.8, 4) is 0 Å². The SMILES string of the molecule is O=C1N=c2cc(Cl)cc(Br)c2=NC1=O. The first-order valence-electron chi connectivity index (χ1n) is 3.59. The number of carbonyl (C=O) groups excluding carboxylic acids is 2. The first-order valence-corrected chi connectivity index (χ1v) is 4.76. The monoisotopic (exact) mass is 272 g/mol. The van der Waals surface area contributed by atoms with Crippen LogP contribution in [0.25, 0.3) is 0 Å². The molecule has 2 rings (SSSR count). The fourth-order valence-electron chi connectivity index (χ4n) is 1.05. The number of fused-ring (bicyclic) bond motifs is 1. The molecule has 14 heavy (non-hydrogen) atoms. The van der Waals surface area contributed by atoms with E-state index in [4.69, 9.17) is 11.6 Å². The summed E-state index contributed by atoms with van der Waals surface area (Å²) in [5.74, 6) is -1.73. The zero-order chi connectivity index (χ0) is 10.3. The lowest BCUT2D eigenvalue weighted by Gasteiger charge is -1.99. The molecule has 0 spiro atoms. The molecule has 0 aliphatic carbocycles. The standard InChI is InChI=1S/C8H2BrClN2O2/c9-4-1-3(10)2-5-6(4)12-8(14)7(13)11-5/h1-2H. The number of nitrogens with zero attached hydrogens (tertiary/aromatic N) is 2. The molecule has 6 heteroatoms. The van der Waals surface area contributed by atoms with Crippen LogP contribution in [0.15, 0.2) is 26.6 Å². The number of halogens is 2. The number of carbonyl (C=O) groups is 2. The highest BCUT2D eigenvalue weighted by Crippen LogP contribution is 2.10. The minimum absolute atomic E-state index is 0.314. The zero-order valence-corrected chi connectivity index (χ0v) is 8.96. The number of benzene rings is 1. The first kappa shape index (κ1) is 9.48. The fraction of sp³-hybridized carbons (Fsp3) is 0. The molecule has 0 N–H and O–H groups in total. The predicted octanol–water partition coefficient (Wildman–Crippen LogP) is 0.408. The van der Waals surface area contributed by atoms with Crippen LogP contribution in [0.2, 0.25) is 5.02 Å². The molecule has 0 bridgehead atoms. The van der Waals surface area contributed by atoms with Gasteiger partial charge in [-0.1, -0.05) is 11.6 Å². The third-order valence-corrected chi connectivity index (χ3v) is 2.45. The molecule has 1 aliphatic rings. The Kier molecular flexibility index (Phi) is 2.20. The third kappa shape index (κ3) is 1.49. The summed E-state index contributed by atoms with van der Waals surface area (Å²) in [6.07, 6.45) is 0. The van der Waals surface area contributed by atoms with E-state index < -0.39 is 11.8 Å². The molecule has 0 saturated carbocycles. The molecule has 0 fully saturated rings. The van der Waals surface area contributed by atoms with Crippen LogP contribution in [-0.2, 0) is 9.59 Å². The molecule has 4 nitrogen and oxygen atoms in total. The van der Waals surface area contributed by atoms with E-state index in [0.29, 0.717) is 20.2 Å². The van der Waals surface area contributed by atoms with E-state index >= 15 is 0 Å². The van der Waals surface area contributed by atoms with Gasteiger partial charge in [-0.15, -0.1) is 0 Å². The molecule has 1 heterocycles. The van der Waals surface area contributed by atoms with Crippen molar-refractivity contribution in [2.24, 2.45) is 9.98 Å². The topological polar surface area (TPSA) is 58.9 Å². The van der Waals surface area contributed by atoms with E-state index in [1.165, 1.54) is 6.07 Å². The van der Waals surface area contributed by atoms with Crippen molar-refractivity contribution in [2.75, 3.05) is 0 Å². The summed E-state index contributed by atoms with van der Waals surface area (Å²) in [5, 5.41) is 1.09. The van der Waals surface area contributed by atoms with Crippen LogP contribution >= 0.6 is 27.5 Å². The van der Waals surface area contributed by atoms with Crippen LogP contribution in [-0.4, -0.2) is 11.8 Å².